The molecule has 0 spiro atoms. The van der Waals surface area contributed by atoms with Gasteiger partial charge in [0.05, 0.1) is 43.6 Å². The Morgan fingerprint density at radius 1 is 1.09 bits per heavy atom. The number of methoxy groups -OCH3 is 2. The third-order valence-electron chi connectivity index (χ3n) is 5.86. The van der Waals surface area contributed by atoms with Crippen LogP contribution in [0.2, 0.25) is 0 Å². The number of thioether (sulfide) groups is 1. The average molecular weight is 475 g/mol. The van der Waals surface area contributed by atoms with Crippen molar-refractivity contribution in [3.05, 3.63) is 53.5 Å². The first-order valence-corrected chi connectivity index (χ1v) is 11.4. The molecule has 4 rings (SSSR count). The van der Waals surface area contributed by atoms with Crippen molar-refractivity contribution >= 4 is 29.7 Å². The second kappa shape index (κ2) is 9.46. The van der Waals surface area contributed by atoms with Gasteiger partial charge in [0.1, 0.15) is 11.5 Å². The summed E-state index contributed by atoms with van der Waals surface area (Å²) in [4.78, 5) is 40.0. The summed E-state index contributed by atoms with van der Waals surface area (Å²) in [5.41, 5.74) is 0.943. The fraction of sp³-hybridized carbons (Fsp3) is 0.409. The van der Waals surface area contributed by atoms with Crippen molar-refractivity contribution in [1.29, 1.82) is 0 Å². The van der Waals surface area contributed by atoms with Crippen molar-refractivity contribution in [2.45, 2.75) is 23.5 Å². The number of nitrogens with one attached hydrogen (secondary N) is 2. The van der Waals surface area contributed by atoms with Crippen LogP contribution >= 0.6 is 11.8 Å². The number of ether oxygens (including phenoxy) is 2. The van der Waals surface area contributed by atoms with Gasteiger partial charge < -0.3 is 18.8 Å². The molecule has 1 aromatic carbocycles. The number of fused-ring (bicyclic) bond motifs is 1. The Hall–Kier alpha value is -3.02. The number of benzene rings is 1. The molecule has 2 N–H and O–H groups in total. The van der Waals surface area contributed by atoms with E-state index in [1.807, 2.05) is 24.3 Å². The molecular weight excluding hydrogens is 448 g/mol. The molecule has 0 radical (unpaired) electrons. The minimum absolute atomic E-state index is 0.124. The summed E-state index contributed by atoms with van der Waals surface area (Å²) >= 11 is 1.48. The minimum Gasteiger partial charge on any atom is -0.497 e. The molecule has 176 valence electrons. The van der Waals surface area contributed by atoms with Gasteiger partial charge in [-0.25, -0.2) is 9.59 Å². The lowest BCUT2D eigenvalue weighted by atomic mass is 9.96. The van der Waals surface area contributed by atoms with E-state index in [1.165, 1.54) is 25.9 Å². The van der Waals surface area contributed by atoms with E-state index in [2.05, 4.69) is 15.4 Å². The number of hydrogen-bond donors (Lipinski definition) is 2. The Morgan fingerprint density at radius 2 is 1.82 bits per heavy atom. The normalized spacial score (nSPS) is 25.1. The van der Waals surface area contributed by atoms with E-state index in [-0.39, 0.29) is 29.2 Å². The van der Waals surface area contributed by atoms with Crippen molar-refractivity contribution in [3.63, 3.8) is 0 Å². The van der Waals surface area contributed by atoms with Gasteiger partial charge in [-0.05, 0) is 29.8 Å². The number of nitrogens with zero attached hydrogens (tertiary/aromatic N) is 2. The summed E-state index contributed by atoms with van der Waals surface area (Å²) in [5, 5.41) is 6.57. The highest BCUT2D eigenvalue weighted by atomic mass is 32.2. The molecule has 0 bridgehead atoms. The van der Waals surface area contributed by atoms with Crippen LogP contribution in [0.4, 0.5) is 4.79 Å². The molecule has 2 saturated heterocycles. The van der Waals surface area contributed by atoms with Gasteiger partial charge in [-0.2, -0.15) is 0 Å². The van der Waals surface area contributed by atoms with Gasteiger partial charge >= 0.3 is 12.0 Å². The lowest BCUT2D eigenvalue weighted by molar-refractivity contribution is -0.140. The summed E-state index contributed by atoms with van der Waals surface area (Å²) in [6.45, 7) is 0. The highest BCUT2D eigenvalue weighted by Gasteiger charge is 2.51. The van der Waals surface area contributed by atoms with Crippen molar-refractivity contribution in [3.8, 4) is 5.75 Å². The topological polar surface area (TPSA) is 113 Å². The van der Waals surface area contributed by atoms with Gasteiger partial charge in [0, 0.05) is 14.1 Å². The zero-order valence-electron chi connectivity index (χ0n) is 18.7. The van der Waals surface area contributed by atoms with Crippen molar-refractivity contribution in [2.24, 2.45) is 5.92 Å². The fourth-order valence-electron chi connectivity index (χ4n) is 4.03. The van der Waals surface area contributed by atoms with E-state index < -0.39 is 18.1 Å². The van der Waals surface area contributed by atoms with E-state index in [0.717, 1.165) is 16.2 Å². The van der Waals surface area contributed by atoms with Gasteiger partial charge in [0.25, 0.3) is 0 Å². The Bertz CT molecular complexity index is 1040. The van der Waals surface area contributed by atoms with Crippen LogP contribution in [-0.2, 0) is 15.3 Å². The smallest absolute Gasteiger partial charge is 0.373 e. The molecule has 2 aliphatic rings. The van der Waals surface area contributed by atoms with Gasteiger partial charge in [-0.15, -0.1) is 11.8 Å². The molecule has 2 aliphatic heterocycles. The summed E-state index contributed by atoms with van der Waals surface area (Å²) < 4.78 is 15.5. The molecule has 0 aliphatic carbocycles. The Kier molecular flexibility index (Phi) is 6.63. The van der Waals surface area contributed by atoms with E-state index >= 15 is 0 Å². The molecule has 0 saturated carbocycles. The molecule has 2 aromatic rings. The number of urea groups is 1. The maximum absolute atomic E-state index is 13.1. The summed E-state index contributed by atoms with van der Waals surface area (Å²) in [6.07, 6.45) is -0.794. The van der Waals surface area contributed by atoms with Crippen LogP contribution in [0.25, 0.3) is 0 Å². The molecule has 11 heteroatoms. The number of hydrogen-bond acceptors (Lipinski definition) is 9. The van der Waals surface area contributed by atoms with E-state index in [4.69, 9.17) is 9.15 Å². The van der Waals surface area contributed by atoms with Gasteiger partial charge in [0.15, 0.2) is 0 Å². The first kappa shape index (κ1) is 23.1. The van der Waals surface area contributed by atoms with Crippen LogP contribution in [0.1, 0.15) is 28.0 Å². The van der Waals surface area contributed by atoms with Crippen molar-refractivity contribution < 1.29 is 28.3 Å². The first-order chi connectivity index (χ1) is 15.8. The maximum Gasteiger partial charge on any atom is 0.373 e. The quantitative estimate of drug-likeness (QED) is 0.607. The van der Waals surface area contributed by atoms with Crippen LogP contribution < -0.4 is 15.4 Å². The van der Waals surface area contributed by atoms with Crippen molar-refractivity contribution in [1.82, 2.24) is 20.4 Å². The number of furan rings is 1. The van der Waals surface area contributed by atoms with Crippen LogP contribution in [0.3, 0.4) is 0 Å². The highest BCUT2D eigenvalue weighted by molar-refractivity contribution is 7.99. The predicted molar refractivity (Wildman–Crippen MR) is 120 cm³/mol. The van der Waals surface area contributed by atoms with Gasteiger partial charge in [-0.1, -0.05) is 12.1 Å². The predicted octanol–water partition coefficient (Wildman–Crippen LogP) is 1.99. The Labute approximate surface area is 195 Å². The second-order valence-corrected chi connectivity index (χ2v) is 8.92. The molecule has 4 atom stereocenters. The van der Waals surface area contributed by atoms with E-state index in [9.17, 15) is 14.4 Å². The molecule has 3 heterocycles. The highest BCUT2D eigenvalue weighted by Crippen LogP contribution is 2.36. The third kappa shape index (κ3) is 4.43. The average Bonchev–Trinajstić information content (AvgIpc) is 3.33. The third-order valence-corrected chi connectivity index (χ3v) is 7.10. The molecule has 1 aromatic heterocycles. The summed E-state index contributed by atoms with van der Waals surface area (Å²) in [5.74, 6) is 0.533. The minimum atomic E-state index is -0.546. The largest absolute Gasteiger partial charge is 0.497 e. The summed E-state index contributed by atoms with van der Waals surface area (Å²) in [7, 11) is 6.07. The van der Waals surface area contributed by atoms with Gasteiger partial charge in [0.2, 0.25) is 11.7 Å². The molecule has 2 fully saturated rings. The second-order valence-electron chi connectivity index (χ2n) is 7.79. The monoisotopic (exact) mass is 474 g/mol. The first-order valence-electron chi connectivity index (χ1n) is 10.3. The number of amides is 3. The van der Waals surface area contributed by atoms with E-state index in [0.29, 0.717) is 11.5 Å². The number of carbonyl (C=O) groups excluding carboxylic acids is 3. The zero-order valence-corrected chi connectivity index (χ0v) is 19.5. The Morgan fingerprint density at radius 3 is 2.48 bits per heavy atom. The number of imide groups is 1. The molecule has 4 unspecified atom stereocenters. The van der Waals surface area contributed by atoms with Crippen LogP contribution in [0.15, 0.2) is 40.8 Å². The zero-order chi connectivity index (χ0) is 23.7. The van der Waals surface area contributed by atoms with E-state index in [1.54, 1.807) is 31.2 Å². The van der Waals surface area contributed by atoms with Crippen LogP contribution in [0.5, 0.6) is 5.75 Å². The molecular formula is C22H26N4O6S. The molecule has 3 amide bonds. The van der Waals surface area contributed by atoms with Gasteiger partial charge in [-0.3, -0.25) is 20.3 Å². The SMILES string of the molecule is COC(=O)c1ccc(CSC2NC(c3ccc(OC)cc3)NC3C2C(=O)N(C)C(=O)N3C)o1. The molecule has 33 heavy (non-hydrogen) atoms. The maximum atomic E-state index is 13.1. The Balaban J connectivity index is 1.58. The molecule has 10 nitrogen and oxygen atoms in total. The lowest BCUT2D eigenvalue weighted by Gasteiger charge is -2.50. The van der Waals surface area contributed by atoms with Crippen molar-refractivity contribution in [2.75, 3.05) is 28.3 Å². The number of rotatable bonds is 6. The standard InChI is InChI=1S/C22H26N4O6S/c1-25-18-16(20(27)26(2)22(25)29)19(33-11-14-9-10-15(32-14)21(28)31-4)24-17(23-18)12-5-7-13(30-3)8-6-12/h5-10,16-19,23-24H,11H2,1-4H3. The number of carbonyl (C=O) groups is 3. The van der Waals surface area contributed by atoms with Crippen LogP contribution in [-0.4, -0.2) is 67.6 Å². The van der Waals surface area contributed by atoms with Crippen LogP contribution in [0, 0.1) is 5.92 Å². The fourth-order valence-corrected chi connectivity index (χ4v) is 5.23. The number of esters is 1. The lowest BCUT2D eigenvalue weighted by Crippen LogP contribution is -2.72. The summed E-state index contributed by atoms with van der Waals surface area (Å²) in [6, 6.07) is 10.5.